The predicted octanol–water partition coefficient (Wildman–Crippen LogP) is 1.90. The van der Waals surface area contributed by atoms with E-state index in [9.17, 15) is 9.59 Å². The van der Waals surface area contributed by atoms with E-state index in [2.05, 4.69) is 19.2 Å². The van der Waals surface area contributed by atoms with Crippen LogP contribution in [0.1, 0.15) is 58.8 Å². The molecule has 1 atom stereocenters. The summed E-state index contributed by atoms with van der Waals surface area (Å²) in [6, 6.07) is 0. The average molecular weight is 284 g/mol. The lowest BCUT2D eigenvalue weighted by atomic mass is 9.92. The van der Waals surface area contributed by atoms with Gasteiger partial charge in [-0.1, -0.05) is 26.7 Å². The quantitative estimate of drug-likeness (QED) is 0.634. The van der Waals surface area contributed by atoms with Crippen LogP contribution in [0.3, 0.4) is 0 Å². The Labute approximate surface area is 121 Å². The Hall–Kier alpha value is -1.10. The lowest BCUT2D eigenvalue weighted by Gasteiger charge is -2.24. The summed E-state index contributed by atoms with van der Waals surface area (Å²) in [5.41, 5.74) is 5.83. The van der Waals surface area contributed by atoms with Crippen LogP contribution in [-0.4, -0.2) is 29.1 Å². The van der Waals surface area contributed by atoms with Gasteiger partial charge in [0.1, 0.15) is 0 Å². The molecule has 1 aliphatic rings. The van der Waals surface area contributed by atoms with Gasteiger partial charge in [0.2, 0.25) is 5.91 Å². The summed E-state index contributed by atoms with van der Waals surface area (Å²) in [7, 11) is 0. The molecule has 1 rings (SSSR count). The van der Waals surface area contributed by atoms with Gasteiger partial charge in [0.15, 0.2) is 0 Å². The summed E-state index contributed by atoms with van der Waals surface area (Å²) < 4.78 is 0. The molecule has 20 heavy (non-hydrogen) atoms. The first-order chi connectivity index (χ1) is 9.31. The zero-order valence-corrected chi connectivity index (χ0v) is 12.7. The Bertz CT molecular complexity index is 336. The van der Waals surface area contributed by atoms with Crippen molar-refractivity contribution in [2.45, 2.75) is 64.3 Å². The number of carbonyl (C=O) groups excluding carboxylic acids is 1. The monoisotopic (exact) mass is 284 g/mol. The normalized spacial score (nSPS) is 19.0. The molecule has 5 heteroatoms. The first-order valence-electron chi connectivity index (χ1n) is 7.58. The zero-order chi connectivity index (χ0) is 15.2. The van der Waals surface area contributed by atoms with Gasteiger partial charge in [0.05, 0.1) is 0 Å². The van der Waals surface area contributed by atoms with Crippen LogP contribution in [0.15, 0.2) is 0 Å². The molecule has 0 heterocycles. The van der Waals surface area contributed by atoms with E-state index in [1.54, 1.807) is 0 Å². The molecule has 0 aromatic heterocycles. The molecule has 0 aromatic carbocycles. The Morgan fingerprint density at radius 1 is 1.30 bits per heavy atom. The maximum atomic E-state index is 11.9. The number of nitrogens with one attached hydrogen (secondary N) is 1. The first kappa shape index (κ1) is 17.0. The fourth-order valence-corrected chi connectivity index (χ4v) is 3.05. The third kappa shape index (κ3) is 6.37. The van der Waals surface area contributed by atoms with E-state index in [0.717, 1.165) is 32.1 Å². The molecule has 1 fully saturated rings. The third-order valence-corrected chi connectivity index (χ3v) is 3.97. The van der Waals surface area contributed by atoms with Crippen molar-refractivity contribution >= 4 is 11.9 Å². The van der Waals surface area contributed by atoms with Gasteiger partial charge in [-0.3, -0.25) is 9.59 Å². The minimum atomic E-state index is -0.809. The second-order valence-electron chi connectivity index (χ2n) is 6.64. The van der Waals surface area contributed by atoms with Crippen LogP contribution in [-0.2, 0) is 9.59 Å². The lowest BCUT2D eigenvalue weighted by molar-refractivity contribution is -0.138. The standard InChI is InChI=1S/C15H28N2O3/c1-11(2)7-12(8-14(19)20)10-17-13(18)9-15(16)5-3-4-6-15/h11-12H,3-10,16H2,1-2H3,(H,17,18)(H,19,20)/t12-/m0/s1. The van der Waals surface area contributed by atoms with Gasteiger partial charge in [-0.05, 0) is 31.1 Å². The maximum Gasteiger partial charge on any atom is 0.303 e. The van der Waals surface area contributed by atoms with Crippen LogP contribution in [0.2, 0.25) is 0 Å². The average Bonchev–Trinajstić information content (AvgIpc) is 2.71. The van der Waals surface area contributed by atoms with Gasteiger partial charge in [-0.25, -0.2) is 0 Å². The number of carboxylic acid groups (broad SMARTS) is 1. The van der Waals surface area contributed by atoms with Crippen molar-refractivity contribution in [1.82, 2.24) is 5.32 Å². The molecule has 0 bridgehead atoms. The summed E-state index contributed by atoms with van der Waals surface area (Å²) >= 11 is 0. The Morgan fingerprint density at radius 3 is 2.40 bits per heavy atom. The van der Waals surface area contributed by atoms with Crippen molar-refractivity contribution in [3.05, 3.63) is 0 Å². The number of rotatable bonds is 8. The molecule has 0 radical (unpaired) electrons. The molecule has 0 saturated heterocycles. The van der Waals surface area contributed by atoms with Crippen molar-refractivity contribution < 1.29 is 14.7 Å². The van der Waals surface area contributed by atoms with Crippen LogP contribution in [0, 0.1) is 11.8 Å². The number of aliphatic carboxylic acids is 1. The molecule has 0 aliphatic heterocycles. The van der Waals surface area contributed by atoms with Gasteiger partial charge in [0, 0.05) is 24.9 Å². The van der Waals surface area contributed by atoms with Crippen molar-refractivity contribution in [2.75, 3.05) is 6.54 Å². The van der Waals surface area contributed by atoms with Crippen molar-refractivity contribution in [2.24, 2.45) is 17.6 Å². The van der Waals surface area contributed by atoms with Gasteiger partial charge >= 0.3 is 5.97 Å². The van der Waals surface area contributed by atoms with Gasteiger partial charge in [0.25, 0.3) is 0 Å². The highest BCUT2D eigenvalue weighted by Crippen LogP contribution is 2.29. The van der Waals surface area contributed by atoms with E-state index < -0.39 is 5.97 Å². The predicted molar refractivity (Wildman–Crippen MR) is 78.2 cm³/mol. The largest absolute Gasteiger partial charge is 0.481 e. The van der Waals surface area contributed by atoms with Gasteiger partial charge in [-0.15, -0.1) is 0 Å². The first-order valence-corrected chi connectivity index (χ1v) is 7.58. The number of hydrogen-bond acceptors (Lipinski definition) is 3. The van der Waals surface area contributed by atoms with E-state index in [1.165, 1.54) is 0 Å². The van der Waals surface area contributed by atoms with Crippen LogP contribution in [0.5, 0.6) is 0 Å². The van der Waals surface area contributed by atoms with E-state index >= 15 is 0 Å². The van der Waals surface area contributed by atoms with Crippen LogP contribution in [0.25, 0.3) is 0 Å². The fraction of sp³-hybridized carbons (Fsp3) is 0.867. The van der Waals surface area contributed by atoms with Crippen molar-refractivity contribution in [1.29, 1.82) is 0 Å². The Kier molecular flexibility index (Phi) is 6.46. The third-order valence-electron chi connectivity index (χ3n) is 3.97. The van der Waals surface area contributed by atoms with Crippen LogP contribution >= 0.6 is 0 Å². The molecule has 116 valence electrons. The molecular formula is C15H28N2O3. The SMILES string of the molecule is CC(C)C[C@H](CNC(=O)CC1(N)CCCC1)CC(=O)O. The molecule has 4 N–H and O–H groups in total. The Morgan fingerprint density at radius 2 is 1.90 bits per heavy atom. The summed E-state index contributed by atoms with van der Waals surface area (Å²) in [5, 5.41) is 11.8. The van der Waals surface area contributed by atoms with E-state index in [0.29, 0.717) is 18.9 Å². The topological polar surface area (TPSA) is 92.4 Å². The number of hydrogen-bond donors (Lipinski definition) is 3. The number of amides is 1. The fourth-order valence-electron chi connectivity index (χ4n) is 3.05. The van der Waals surface area contributed by atoms with E-state index in [-0.39, 0.29) is 23.8 Å². The Balaban J connectivity index is 2.37. The van der Waals surface area contributed by atoms with Crippen molar-refractivity contribution in [3.63, 3.8) is 0 Å². The summed E-state index contributed by atoms with van der Waals surface area (Å²) in [6.45, 7) is 4.55. The highest BCUT2D eigenvalue weighted by molar-refractivity contribution is 5.77. The van der Waals surface area contributed by atoms with Gasteiger partial charge < -0.3 is 16.2 Å². The molecule has 1 saturated carbocycles. The number of carbonyl (C=O) groups is 2. The minimum absolute atomic E-state index is 0.00578. The zero-order valence-electron chi connectivity index (χ0n) is 12.7. The van der Waals surface area contributed by atoms with Gasteiger partial charge in [-0.2, -0.15) is 0 Å². The summed E-state index contributed by atoms with van der Waals surface area (Å²) in [5.74, 6) is -0.440. The van der Waals surface area contributed by atoms with E-state index in [4.69, 9.17) is 10.8 Å². The van der Waals surface area contributed by atoms with E-state index in [1.807, 2.05) is 0 Å². The lowest BCUT2D eigenvalue weighted by Crippen LogP contribution is -2.43. The molecule has 0 spiro atoms. The van der Waals surface area contributed by atoms with Crippen molar-refractivity contribution in [3.8, 4) is 0 Å². The molecule has 0 aromatic rings. The van der Waals surface area contributed by atoms with Crippen LogP contribution < -0.4 is 11.1 Å². The summed E-state index contributed by atoms with van der Waals surface area (Å²) in [4.78, 5) is 22.8. The summed E-state index contributed by atoms with van der Waals surface area (Å²) in [6.07, 6.45) is 5.27. The molecule has 1 aliphatic carbocycles. The smallest absolute Gasteiger partial charge is 0.303 e. The molecule has 1 amide bonds. The number of nitrogens with two attached hydrogens (primary N) is 1. The molecule has 5 nitrogen and oxygen atoms in total. The highest BCUT2D eigenvalue weighted by atomic mass is 16.4. The second-order valence-corrected chi connectivity index (χ2v) is 6.64. The second kappa shape index (κ2) is 7.62. The number of carboxylic acids is 1. The maximum absolute atomic E-state index is 11.9. The highest BCUT2D eigenvalue weighted by Gasteiger charge is 2.31. The molecular weight excluding hydrogens is 256 g/mol. The minimum Gasteiger partial charge on any atom is -0.481 e. The van der Waals surface area contributed by atoms with Crippen LogP contribution in [0.4, 0.5) is 0 Å². The molecule has 0 unspecified atom stereocenters.